The average molecular weight is 352 g/mol. The Hall–Kier alpha value is -3.42. The quantitative estimate of drug-likeness (QED) is 0.752. The van der Waals surface area contributed by atoms with Gasteiger partial charge in [-0.25, -0.2) is 4.98 Å². The molecule has 0 bridgehead atoms. The number of allylic oxidation sites excluding steroid dienone is 1. The Labute approximate surface area is 160 Å². The van der Waals surface area contributed by atoms with Gasteiger partial charge in [0.05, 0.1) is 29.1 Å². The van der Waals surface area contributed by atoms with Crippen molar-refractivity contribution in [2.24, 2.45) is 5.92 Å². The molecule has 0 amide bonds. The summed E-state index contributed by atoms with van der Waals surface area (Å²) < 4.78 is 0. The molecular weight excluding hydrogens is 332 g/mol. The minimum absolute atomic E-state index is 0.129. The van der Waals surface area contributed by atoms with E-state index in [2.05, 4.69) is 31.7 Å². The lowest BCUT2D eigenvalue weighted by Gasteiger charge is -2.28. The maximum atomic E-state index is 9.91. The van der Waals surface area contributed by atoms with Crippen molar-refractivity contribution in [1.82, 2.24) is 4.98 Å². The molecule has 1 aliphatic carbocycles. The van der Waals surface area contributed by atoms with Gasteiger partial charge in [0, 0.05) is 12.0 Å². The van der Waals surface area contributed by atoms with Gasteiger partial charge in [-0.2, -0.15) is 15.8 Å². The van der Waals surface area contributed by atoms with Gasteiger partial charge in [0.25, 0.3) is 0 Å². The fourth-order valence-corrected chi connectivity index (χ4v) is 3.81. The predicted octanol–water partition coefficient (Wildman–Crippen LogP) is 4.61. The van der Waals surface area contributed by atoms with Crippen LogP contribution in [0.2, 0.25) is 0 Å². The van der Waals surface area contributed by atoms with Gasteiger partial charge in [0.15, 0.2) is 5.41 Å². The van der Waals surface area contributed by atoms with Crippen LogP contribution in [0.5, 0.6) is 0 Å². The highest BCUT2D eigenvalue weighted by atomic mass is 14.8. The highest BCUT2D eigenvalue weighted by Crippen LogP contribution is 2.39. The maximum Gasteiger partial charge on any atom is 0.190 e. The molecule has 0 radical (unpaired) electrons. The van der Waals surface area contributed by atoms with Crippen LogP contribution in [0.1, 0.15) is 42.1 Å². The van der Waals surface area contributed by atoms with Crippen molar-refractivity contribution in [3.63, 3.8) is 0 Å². The summed E-state index contributed by atoms with van der Waals surface area (Å²) in [7, 11) is 0. The van der Waals surface area contributed by atoms with Crippen molar-refractivity contribution in [3.05, 3.63) is 65.4 Å². The first kappa shape index (κ1) is 18.4. The summed E-state index contributed by atoms with van der Waals surface area (Å²) in [5.74, 6) is 0.446. The Morgan fingerprint density at radius 2 is 1.89 bits per heavy atom. The Kier molecular flexibility index (Phi) is 5.07. The molecule has 1 aromatic carbocycles. The average Bonchev–Trinajstić information content (AvgIpc) is 2.71. The summed E-state index contributed by atoms with van der Waals surface area (Å²) in [6, 6.07) is 16.3. The fraction of sp³-hybridized carbons (Fsp3) is 0.304. The number of hydrogen-bond acceptors (Lipinski definition) is 4. The van der Waals surface area contributed by atoms with Crippen molar-refractivity contribution < 1.29 is 0 Å². The molecule has 0 saturated heterocycles. The summed E-state index contributed by atoms with van der Waals surface area (Å²) in [5, 5.41) is 29.6. The van der Waals surface area contributed by atoms with Crippen molar-refractivity contribution >= 4 is 0 Å². The number of fused-ring (bicyclic) bond motifs is 1. The molecule has 1 heterocycles. The van der Waals surface area contributed by atoms with Crippen molar-refractivity contribution in [3.8, 4) is 29.5 Å². The zero-order valence-corrected chi connectivity index (χ0v) is 15.4. The van der Waals surface area contributed by atoms with Crippen LogP contribution in [0.4, 0.5) is 0 Å². The lowest BCUT2D eigenvalue weighted by atomic mass is 9.75. The van der Waals surface area contributed by atoms with Gasteiger partial charge in [0.1, 0.15) is 6.07 Å². The minimum atomic E-state index is -1.51. The number of nitriles is 3. The third-order valence-electron chi connectivity index (χ3n) is 5.25. The topological polar surface area (TPSA) is 84.3 Å². The number of hydrogen-bond donors (Lipinski definition) is 0. The molecule has 1 aliphatic rings. The molecule has 0 N–H and O–H groups in total. The van der Waals surface area contributed by atoms with Crippen molar-refractivity contribution in [1.29, 1.82) is 15.8 Å². The molecule has 1 unspecified atom stereocenters. The van der Waals surface area contributed by atoms with Gasteiger partial charge < -0.3 is 0 Å². The normalized spacial score (nSPS) is 15.7. The lowest BCUT2D eigenvalue weighted by molar-refractivity contribution is 0.498. The molecule has 3 rings (SSSR count). The Bertz CT molecular complexity index is 986. The van der Waals surface area contributed by atoms with Gasteiger partial charge in [0.2, 0.25) is 0 Å². The van der Waals surface area contributed by atoms with Gasteiger partial charge >= 0.3 is 0 Å². The van der Waals surface area contributed by atoms with E-state index in [0.29, 0.717) is 11.5 Å². The van der Waals surface area contributed by atoms with Crippen LogP contribution in [0, 0.1) is 39.9 Å². The van der Waals surface area contributed by atoms with Gasteiger partial charge in [-0.3, -0.25) is 0 Å². The van der Waals surface area contributed by atoms with E-state index in [4.69, 9.17) is 4.98 Å². The monoisotopic (exact) mass is 352 g/mol. The molecule has 4 heteroatoms. The highest BCUT2D eigenvalue weighted by molar-refractivity contribution is 5.69. The van der Waals surface area contributed by atoms with E-state index in [1.54, 1.807) is 6.08 Å². The number of pyridine rings is 1. The third kappa shape index (κ3) is 3.10. The number of aromatic nitrogens is 1. The molecule has 1 atom stereocenters. The standard InChI is InChI=1S/C23H20N4/c1-3-11-23(14-25,15-26)22-20(13-24)19-12-16(2)9-10-18(19)21(27-22)17-7-5-4-6-8-17/h3-8,16H,1,9-12H2,2H3. The Morgan fingerprint density at radius 3 is 2.48 bits per heavy atom. The summed E-state index contributed by atoms with van der Waals surface area (Å²) >= 11 is 0. The zero-order valence-electron chi connectivity index (χ0n) is 15.4. The second kappa shape index (κ2) is 7.45. The number of nitrogens with zero attached hydrogens (tertiary/aromatic N) is 4. The van der Waals surface area contributed by atoms with E-state index < -0.39 is 5.41 Å². The summed E-state index contributed by atoms with van der Waals surface area (Å²) in [6.45, 7) is 5.85. The predicted molar refractivity (Wildman–Crippen MR) is 103 cm³/mol. The highest BCUT2D eigenvalue weighted by Gasteiger charge is 2.38. The largest absolute Gasteiger partial charge is 0.248 e. The minimum Gasteiger partial charge on any atom is -0.248 e. The lowest BCUT2D eigenvalue weighted by Crippen LogP contribution is -2.27. The molecule has 1 aromatic heterocycles. The molecule has 0 aliphatic heterocycles. The first-order valence-electron chi connectivity index (χ1n) is 9.05. The van der Waals surface area contributed by atoms with Crippen LogP contribution in [0.25, 0.3) is 11.3 Å². The SMILES string of the molecule is C=CCC(C#N)(C#N)c1nc(-c2ccccc2)c2c(c1C#N)CC(C)CC2. The second-order valence-corrected chi connectivity index (χ2v) is 7.09. The van der Waals surface area contributed by atoms with Crippen LogP contribution >= 0.6 is 0 Å². The van der Waals surface area contributed by atoms with Crippen LogP contribution in [0.15, 0.2) is 43.0 Å². The van der Waals surface area contributed by atoms with E-state index in [9.17, 15) is 15.8 Å². The summed E-state index contributed by atoms with van der Waals surface area (Å²) in [5.41, 5.74) is 2.89. The first-order chi connectivity index (χ1) is 13.1. The fourth-order valence-electron chi connectivity index (χ4n) is 3.81. The van der Waals surface area contributed by atoms with E-state index in [1.165, 1.54) is 0 Å². The van der Waals surface area contributed by atoms with Crippen LogP contribution in [-0.2, 0) is 18.3 Å². The molecule has 4 nitrogen and oxygen atoms in total. The van der Waals surface area contributed by atoms with E-state index in [-0.39, 0.29) is 12.1 Å². The molecule has 0 saturated carbocycles. The third-order valence-corrected chi connectivity index (χ3v) is 5.25. The van der Waals surface area contributed by atoms with Crippen molar-refractivity contribution in [2.75, 3.05) is 0 Å². The number of rotatable bonds is 4. The van der Waals surface area contributed by atoms with Crippen molar-refractivity contribution in [2.45, 2.75) is 38.0 Å². The summed E-state index contributed by atoms with van der Waals surface area (Å²) in [6.07, 6.45) is 4.31. The Balaban J connectivity index is 2.40. The van der Waals surface area contributed by atoms with Crippen LogP contribution in [-0.4, -0.2) is 4.98 Å². The smallest absolute Gasteiger partial charge is 0.190 e. The second-order valence-electron chi connectivity index (χ2n) is 7.09. The summed E-state index contributed by atoms with van der Waals surface area (Å²) in [4.78, 5) is 4.77. The van der Waals surface area contributed by atoms with E-state index in [1.807, 2.05) is 30.3 Å². The molecule has 132 valence electrons. The molecular formula is C23H20N4. The van der Waals surface area contributed by atoms with Crippen LogP contribution < -0.4 is 0 Å². The van der Waals surface area contributed by atoms with Gasteiger partial charge in [-0.1, -0.05) is 43.3 Å². The maximum absolute atomic E-state index is 9.91. The molecule has 27 heavy (non-hydrogen) atoms. The molecule has 0 spiro atoms. The first-order valence-corrected chi connectivity index (χ1v) is 9.05. The molecule has 2 aromatic rings. The van der Waals surface area contributed by atoms with E-state index in [0.717, 1.165) is 41.6 Å². The Morgan fingerprint density at radius 1 is 1.19 bits per heavy atom. The van der Waals surface area contributed by atoms with Crippen LogP contribution in [0.3, 0.4) is 0 Å². The van der Waals surface area contributed by atoms with E-state index >= 15 is 0 Å². The molecule has 0 fully saturated rings. The van der Waals surface area contributed by atoms with Gasteiger partial charge in [-0.15, -0.1) is 6.58 Å². The number of benzene rings is 1. The van der Waals surface area contributed by atoms with Gasteiger partial charge in [-0.05, 0) is 36.3 Å². The zero-order chi connectivity index (χ0) is 19.4.